The second-order valence-corrected chi connectivity index (χ2v) is 7.16. The molecule has 2 aliphatic rings. The van der Waals surface area contributed by atoms with Crippen LogP contribution in [0, 0.1) is 0 Å². The van der Waals surface area contributed by atoms with Gasteiger partial charge in [-0.1, -0.05) is 48.5 Å². The Labute approximate surface area is 148 Å². The molecule has 130 valence electrons. The van der Waals surface area contributed by atoms with Crippen LogP contribution in [0.5, 0.6) is 0 Å². The van der Waals surface area contributed by atoms with E-state index in [1.54, 1.807) is 0 Å². The second kappa shape index (κ2) is 6.52. The summed E-state index contributed by atoms with van der Waals surface area (Å²) in [5.74, 6) is 0. The number of fused-ring (bicyclic) bond motifs is 2. The van der Waals surface area contributed by atoms with Crippen molar-refractivity contribution in [2.24, 2.45) is 0 Å². The molecule has 4 nitrogen and oxygen atoms in total. The zero-order chi connectivity index (χ0) is 17.3. The topological polar surface area (TPSA) is 52.6 Å². The van der Waals surface area contributed by atoms with E-state index >= 15 is 0 Å². The lowest BCUT2D eigenvalue weighted by Gasteiger charge is -2.24. The van der Waals surface area contributed by atoms with Crippen molar-refractivity contribution < 1.29 is 9.90 Å². The maximum Gasteiger partial charge on any atom is 0.322 e. The molecule has 1 aliphatic heterocycles. The van der Waals surface area contributed by atoms with E-state index in [4.69, 9.17) is 0 Å². The summed E-state index contributed by atoms with van der Waals surface area (Å²) in [4.78, 5) is 14.9. The van der Waals surface area contributed by atoms with Gasteiger partial charge in [-0.2, -0.15) is 0 Å². The summed E-state index contributed by atoms with van der Waals surface area (Å²) in [6.45, 7) is 0.911. The third-order valence-electron chi connectivity index (χ3n) is 5.48. The van der Waals surface area contributed by atoms with Gasteiger partial charge in [0.25, 0.3) is 0 Å². The standard InChI is InChI=1S/C21H24N2O2/c24-14-6-10-18(16-7-2-1-3-8-16)22-20(25)23-15-21(12-13-21)17-9-4-5-11-19(17)23/h1-5,7-9,11,18,24H,6,10,12-15H2,(H,22,25). The first-order chi connectivity index (χ1) is 12.2. The zero-order valence-corrected chi connectivity index (χ0v) is 14.3. The van der Waals surface area contributed by atoms with E-state index in [-0.39, 0.29) is 24.1 Å². The summed E-state index contributed by atoms with van der Waals surface area (Å²) in [6.07, 6.45) is 3.73. The van der Waals surface area contributed by atoms with Crippen LogP contribution in [0.25, 0.3) is 0 Å². The molecule has 1 saturated carbocycles. The molecule has 2 N–H and O–H groups in total. The number of aliphatic hydroxyl groups is 1. The van der Waals surface area contributed by atoms with E-state index in [0.717, 1.165) is 24.2 Å². The molecule has 1 heterocycles. The van der Waals surface area contributed by atoms with Gasteiger partial charge in [-0.25, -0.2) is 4.79 Å². The number of urea groups is 1. The van der Waals surface area contributed by atoms with Gasteiger partial charge < -0.3 is 10.4 Å². The minimum Gasteiger partial charge on any atom is -0.396 e. The zero-order valence-electron chi connectivity index (χ0n) is 14.3. The normalized spacial score (nSPS) is 18.0. The van der Waals surface area contributed by atoms with Crippen LogP contribution in [0.2, 0.25) is 0 Å². The summed E-state index contributed by atoms with van der Waals surface area (Å²) in [6, 6.07) is 18.2. The molecule has 25 heavy (non-hydrogen) atoms. The number of aliphatic hydroxyl groups excluding tert-OH is 1. The van der Waals surface area contributed by atoms with Gasteiger partial charge in [0.1, 0.15) is 0 Å². The molecule has 4 rings (SSSR count). The van der Waals surface area contributed by atoms with Crippen molar-refractivity contribution in [1.82, 2.24) is 5.32 Å². The van der Waals surface area contributed by atoms with Gasteiger partial charge in [0, 0.05) is 24.3 Å². The maximum atomic E-state index is 13.0. The van der Waals surface area contributed by atoms with E-state index in [1.807, 2.05) is 47.4 Å². The Morgan fingerprint density at radius 3 is 2.56 bits per heavy atom. The summed E-state index contributed by atoms with van der Waals surface area (Å²) in [5.41, 5.74) is 3.64. The van der Waals surface area contributed by atoms with Crippen molar-refractivity contribution in [3.63, 3.8) is 0 Å². The van der Waals surface area contributed by atoms with Crippen LogP contribution in [-0.4, -0.2) is 24.3 Å². The van der Waals surface area contributed by atoms with Crippen LogP contribution in [0.1, 0.15) is 42.9 Å². The number of nitrogens with zero attached hydrogens (tertiary/aromatic N) is 1. The van der Waals surface area contributed by atoms with Gasteiger partial charge in [-0.3, -0.25) is 4.90 Å². The van der Waals surface area contributed by atoms with Gasteiger partial charge in [0.15, 0.2) is 0 Å². The van der Waals surface area contributed by atoms with Gasteiger partial charge in [-0.05, 0) is 42.9 Å². The number of amides is 2. The van der Waals surface area contributed by atoms with E-state index in [2.05, 4.69) is 17.4 Å². The van der Waals surface area contributed by atoms with Gasteiger partial charge in [0.2, 0.25) is 0 Å². The van der Waals surface area contributed by atoms with Crippen LogP contribution in [0.15, 0.2) is 54.6 Å². The lowest BCUT2D eigenvalue weighted by molar-refractivity contribution is 0.238. The first kappa shape index (κ1) is 16.2. The minimum absolute atomic E-state index is 0.0389. The number of carbonyl (C=O) groups excluding carboxylic acids is 1. The van der Waals surface area contributed by atoms with E-state index in [9.17, 15) is 9.90 Å². The highest BCUT2D eigenvalue weighted by Gasteiger charge is 2.52. The van der Waals surface area contributed by atoms with Gasteiger partial charge >= 0.3 is 6.03 Å². The van der Waals surface area contributed by atoms with Crippen molar-refractivity contribution in [3.05, 3.63) is 65.7 Å². The van der Waals surface area contributed by atoms with Crippen molar-refractivity contribution in [2.75, 3.05) is 18.1 Å². The summed E-state index contributed by atoms with van der Waals surface area (Å²) in [5, 5.41) is 12.4. The summed E-state index contributed by atoms with van der Waals surface area (Å²) in [7, 11) is 0. The highest BCUT2D eigenvalue weighted by Crippen LogP contribution is 2.56. The molecule has 1 aliphatic carbocycles. The third-order valence-corrected chi connectivity index (χ3v) is 5.48. The molecular formula is C21H24N2O2. The molecule has 0 saturated heterocycles. The first-order valence-corrected chi connectivity index (χ1v) is 9.07. The van der Waals surface area contributed by atoms with Gasteiger partial charge in [0.05, 0.1) is 6.04 Å². The Bertz CT molecular complexity index is 756. The predicted octanol–water partition coefficient (Wildman–Crippen LogP) is 3.76. The number of benzene rings is 2. The molecule has 0 aromatic heterocycles. The number of rotatable bonds is 5. The highest BCUT2D eigenvalue weighted by molar-refractivity contribution is 5.95. The first-order valence-electron chi connectivity index (χ1n) is 9.07. The van der Waals surface area contributed by atoms with Crippen molar-refractivity contribution in [3.8, 4) is 0 Å². The minimum atomic E-state index is -0.0798. The second-order valence-electron chi connectivity index (χ2n) is 7.16. The fraction of sp³-hybridized carbons (Fsp3) is 0.381. The molecule has 0 radical (unpaired) electrons. The van der Waals surface area contributed by atoms with Crippen molar-refractivity contribution in [1.29, 1.82) is 0 Å². The Hall–Kier alpha value is -2.33. The fourth-order valence-electron chi connectivity index (χ4n) is 3.92. The largest absolute Gasteiger partial charge is 0.396 e. The quantitative estimate of drug-likeness (QED) is 0.873. The Morgan fingerprint density at radius 1 is 1.12 bits per heavy atom. The van der Waals surface area contributed by atoms with E-state index in [0.29, 0.717) is 6.42 Å². The van der Waals surface area contributed by atoms with E-state index in [1.165, 1.54) is 18.4 Å². The lowest BCUT2D eigenvalue weighted by atomic mass is 9.99. The predicted molar refractivity (Wildman–Crippen MR) is 98.7 cm³/mol. The van der Waals surface area contributed by atoms with Crippen LogP contribution >= 0.6 is 0 Å². The number of para-hydroxylation sites is 1. The Balaban J connectivity index is 1.54. The molecule has 2 aromatic carbocycles. The molecule has 2 amide bonds. The van der Waals surface area contributed by atoms with Crippen molar-refractivity contribution >= 4 is 11.7 Å². The Morgan fingerprint density at radius 2 is 1.84 bits per heavy atom. The van der Waals surface area contributed by atoms with Gasteiger partial charge in [-0.15, -0.1) is 0 Å². The number of nitrogens with one attached hydrogen (secondary N) is 1. The number of hydrogen-bond acceptors (Lipinski definition) is 2. The molecule has 1 atom stereocenters. The number of anilines is 1. The van der Waals surface area contributed by atoms with Crippen LogP contribution in [0.3, 0.4) is 0 Å². The Kier molecular flexibility index (Phi) is 4.22. The summed E-state index contributed by atoms with van der Waals surface area (Å²) >= 11 is 0. The molecule has 4 heteroatoms. The average Bonchev–Trinajstić information content (AvgIpc) is 3.36. The monoisotopic (exact) mass is 336 g/mol. The summed E-state index contributed by atoms with van der Waals surface area (Å²) < 4.78 is 0. The van der Waals surface area contributed by atoms with Crippen LogP contribution < -0.4 is 10.2 Å². The molecule has 2 aromatic rings. The van der Waals surface area contributed by atoms with Crippen molar-refractivity contribution in [2.45, 2.75) is 37.1 Å². The molecule has 1 unspecified atom stereocenters. The van der Waals surface area contributed by atoms with E-state index < -0.39 is 0 Å². The lowest BCUT2D eigenvalue weighted by Crippen LogP contribution is -2.42. The number of hydrogen-bond donors (Lipinski definition) is 2. The fourth-order valence-corrected chi connectivity index (χ4v) is 3.92. The SMILES string of the molecule is O=C(NC(CCCO)c1ccccc1)N1CC2(CC2)c2ccccc21. The average molecular weight is 336 g/mol. The van der Waals surface area contributed by atoms with Crippen LogP contribution in [-0.2, 0) is 5.41 Å². The maximum absolute atomic E-state index is 13.0. The number of carbonyl (C=O) groups is 1. The molecule has 0 bridgehead atoms. The smallest absolute Gasteiger partial charge is 0.322 e. The highest BCUT2D eigenvalue weighted by atomic mass is 16.3. The third kappa shape index (κ3) is 3.02. The molecule has 1 spiro atoms. The molecule has 1 fully saturated rings. The van der Waals surface area contributed by atoms with Crippen LogP contribution in [0.4, 0.5) is 10.5 Å². The molecular weight excluding hydrogens is 312 g/mol.